The van der Waals surface area contributed by atoms with Crippen LogP contribution in [-0.4, -0.2) is 24.5 Å². The number of hydrogen-bond acceptors (Lipinski definition) is 3. The number of nitrogens with one attached hydrogen (secondary N) is 1. The summed E-state index contributed by atoms with van der Waals surface area (Å²) < 4.78 is 5.12. The first kappa shape index (κ1) is 16.3. The maximum Gasteiger partial charge on any atom is 0.306 e. The Morgan fingerprint density at radius 1 is 1.05 bits per heavy atom. The smallest absolute Gasteiger partial charge is 0.306 e. The van der Waals surface area contributed by atoms with E-state index in [9.17, 15) is 9.59 Å². The van der Waals surface area contributed by atoms with Crippen molar-refractivity contribution in [3.05, 3.63) is 0 Å². The molecule has 1 amide bonds. The number of carbonyl (C=O) groups is 2. The monoisotopic (exact) mass is 295 g/mol. The summed E-state index contributed by atoms with van der Waals surface area (Å²) in [5.74, 6) is 1.24. The van der Waals surface area contributed by atoms with E-state index in [1.165, 1.54) is 19.3 Å². The van der Waals surface area contributed by atoms with Gasteiger partial charge in [-0.05, 0) is 37.0 Å². The van der Waals surface area contributed by atoms with Crippen LogP contribution in [0.4, 0.5) is 0 Å². The highest BCUT2D eigenvalue weighted by molar-refractivity contribution is 5.80. The van der Waals surface area contributed by atoms with Gasteiger partial charge < -0.3 is 10.1 Å². The second kappa shape index (κ2) is 7.81. The molecule has 2 saturated carbocycles. The van der Waals surface area contributed by atoms with Crippen LogP contribution >= 0.6 is 0 Å². The van der Waals surface area contributed by atoms with Crippen LogP contribution in [0.15, 0.2) is 0 Å². The third kappa shape index (κ3) is 5.01. The molecule has 4 nitrogen and oxygen atoms in total. The maximum atomic E-state index is 11.9. The van der Waals surface area contributed by atoms with Crippen molar-refractivity contribution in [1.82, 2.24) is 5.32 Å². The molecule has 21 heavy (non-hydrogen) atoms. The first-order chi connectivity index (χ1) is 10.1. The highest BCUT2D eigenvalue weighted by Gasteiger charge is 2.28. The molecular formula is C17H29NO3. The normalized spacial score (nSPS) is 30.1. The van der Waals surface area contributed by atoms with Crippen LogP contribution in [0.25, 0.3) is 0 Å². The second-order valence-electron chi connectivity index (χ2n) is 6.96. The first-order valence-electron chi connectivity index (χ1n) is 8.51. The molecule has 0 aromatic rings. The van der Waals surface area contributed by atoms with Crippen molar-refractivity contribution in [1.29, 1.82) is 0 Å². The number of rotatable bonds is 5. The molecule has 0 spiro atoms. The molecule has 0 saturated heterocycles. The van der Waals surface area contributed by atoms with E-state index < -0.39 is 0 Å². The fourth-order valence-corrected chi connectivity index (χ4v) is 3.69. The van der Waals surface area contributed by atoms with Gasteiger partial charge in [0.05, 0.1) is 0 Å². The number of ether oxygens (including phenoxy) is 1. The van der Waals surface area contributed by atoms with Gasteiger partial charge in [0, 0.05) is 12.5 Å². The Morgan fingerprint density at radius 2 is 1.76 bits per heavy atom. The van der Waals surface area contributed by atoms with E-state index in [1.807, 2.05) is 0 Å². The number of esters is 1. The van der Waals surface area contributed by atoms with Crippen LogP contribution < -0.4 is 5.32 Å². The molecule has 0 aromatic heterocycles. The minimum Gasteiger partial charge on any atom is -0.456 e. The van der Waals surface area contributed by atoms with Crippen LogP contribution in [0.5, 0.6) is 0 Å². The Bertz CT molecular complexity index is 363. The first-order valence-corrected chi connectivity index (χ1v) is 8.51. The molecule has 4 heteroatoms. The van der Waals surface area contributed by atoms with Gasteiger partial charge in [-0.25, -0.2) is 0 Å². The minimum atomic E-state index is -0.220. The van der Waals surface area contributed by atoms with Gasteiger partial charge in [0.1, 0.15) is 0 Å². The SMILES string of the molecule is C[C@@H]1[C@H](C)CCC[C@@H]1NC(=O)COC(=O)CC1CCCC1. The highest BCUT2D eigenvalue weighted by Crippen LogP contribution is 2.29. The molecule has 0 radical (unpaired) electrons. The highest BCUT2D eigenvalue weighted by atomic mass is 16.5. The maximum absolute atomic E-state index is 11.9. The summed E-state index contributed by atoms with van der Waals surface area (Å²) in [6.07, 6.45) is 8.60. The predicted octanol–water partition coefficient (Wildman–Crippen LogP) is 3.05. The molecule has 0 bridgehead atoms. The van der Waals surface area contributed by atoms with Crippen molar-refractivity contribution in [2.45, 2.75) is 71.3 Å². The molecule has 3 atom stereocenters. The van der Waals surface area contributed by atoms with E-state index in [2.05, 4.69) is 19.2 Å². The predicted molar refractivity (Wildman–Crippen MR) is 81.6 cm³/mol. The van der Waals surface area contributed by atoms with Gasteiger partial charge in [-0.3, -0.25) is 9.59 Å². The third-order valence-electron chi connectivity index (χ3n) is 5.35. The molecule has 0 aliphatic heterocycles. The van der Waals surface area contributed by atoms with Crippen molar-refractivity contribution >= 4 is 11.9 Å². The van der Waals surface area contributed by atoms with Gasteiger partial charge >= 0.3 is 5.97 Å². The summed E-state index contributed by atoms with van der Waals surface area (Å²) in [6.45, 7) is 4.31. The summed E-state index contributed by atoms with van der Waals surface area (Å²) >= 11 is 0. The lowest BCUT2D eigenvalue weighted by Crippen LogP contribution is -2.45. The van der Waals surface area contributed by atoms with Crippen LogP contribution in [0, 0.1) is 17.8 Å². The van der Waals surface area contributed by atoms with Crippen molar-refractivity contribution in [3.8, 4) is 0 Å². The molecule has 2 fully saturated rings. The van der Waals surface area contributed by atoms with Crippen LogP contribution in [0.3, 0.4) is 0 Å². The summed E-state index contributed by atoms with van der Waals surface area (Å²) in [5.41, 5.74) is 0. The van der Waals surface area contributed by atoms with E-state index >= 15 is 0 Å². The molecule has 120 valence electrons. The lowest BCUT2D eigenvalue weighted by atomic mass is 9.78. The largest absolute Gasteiger partial charge is 0.456 e. The molecule has 2 aliphatic carbocycles. The molecule has 0 aromatic carbocycles. The summed E-state index contributed by atoms with van der Waals surface area (Å²) in [5, 5.41) is 3.03. The van der Waals surface area contributed by atoms with Gasteiger partial charge in [-0.2, -0.15) is 0 Å². The van der Waals surface area contributed by atoms with Crippen molar-refractivity contribution < 1.29 is 14.3 Å². The van der Waals surface area contributed by atoms with Crippen molar-refractivity contribution in [2.24, 2.45) is 17.8 Å². The van der Waals surface area contributed by atoms with Crippen molar-refractivity contribution in [2.75, 3.05) is 6.61 Å². The van der Waals surface area contributed by atoms with E-state index in [4.69, 9.17) is 4.74 Å². The average molecular weight is 295 g/mol. The average Bonchev–Trinajstić information content (AvgIpc) is 2.94. The van der Waals surface area contributed by atoms with E-state index in [1.54, 1.807) is 0 Å². The molecule has 2 aliphatic rings. The lowest BCUT2D eigenvalue weighted by molar-refractivity contribution is -0.149. The van der Waals surface area contributed by atoms with E-state index in [0.29, 0.717) is 24.2 Å². The molecule has 2 rings (SSSR count). The second-order valence-corrected chi connectivity index (χ2v) is 6.96. The van der Waals surface area contributed by atoms with Crippen LogP contribution in [-0.2, 0) is 14.3 Å². The molecule has 0 unspecified atom stereocenters. The number of amides is 1. The molecular weight excluding hydrogens is 266 g/mol. The Hall–Kier alpha value is -1.06. The van der Waals surface area contributed by atoms with Gasteiger partial charge in [0.2, 0.25) is 0 Å². The van der Waals surface area contributed by atoms with Gasteiger partial charge in [-0.1, -0.05) is 39.5 Å². The fraction of sp³-hybridized carbons (Fsp3) is 0.882. The van der Waals surface area contributed by atoms with Crippen LogP contribution in [0.1, 0.15) is 65.2 Å². The Balaban J connectivity index is 1.65. The van der Waals surface area contributed by atoms with Gasteiger partial charge in [0.15, 0.2) is 6.61 Å². The van der Waals surface area contributed by atoms with Crippen molar-refractivity contribution in [3.63, 3.8) is 0 Å². The van der Waals surface area contributed by atoms with E-state index in [0.717, 1.165) is 25.7 Å². The fourth-order valence-electron chi connectivity index (χ4n) is 3.69. The lowest BCUT2D eigenvalue weighted by Gasteiger charge is -2.34. The Morgan fingerprint density at radius 3 is 2.48 bits per heavy atom. The Labute approximate surface area is 128 Å². The number of hydrogen-bond donors (Lipinski definition) is 1. The van der Waals surface area contributed by atoms with Gasteiger partial charge in [0.25, 0.3) is 5.91 Å². The zero-order valence-electron chi connectivity index (χ0n) is 13.4. The standard InChI is InChI=1S/C17H29NO3/c1-12-6-5-9-15(13(12)2)18-16(19)11-21-17(20)10-14-7-3-4-8-14/h12-15H,3-11H2,1-2H3,(H,18,19)/t12-,13-,15+/m1/s1. The minimum absolute atomic E-state index is 0.122. The zero-order chi connectivity index (χ0) is 15.2. The third-order valence-corrected chi connectivity index (χ3v) is 5.35. The molecule has 0 heterocycles. The van der Waals surface area contributed by atoms with Gasteiger partial charge in [-0.15, -0.1) is 0 Å². The van der Waals surface area contributed by atoms with E-state index in [-0.39, 0.29) is 24.5 Å². The Kier molecular flexibility index (Phi) is 6.07. The summed E-state index contributed by atoms with van der Waals surface area (Å²) in [6, 6.07) is 0.231. The quantitative estimate of drug-likeness (QED) is 0.793. The summed E-state index contributed by atoms with van der Waals surface area (Å²) in [7, 11) is 0. The summed E-state index contributed by atoms with van der Waals surface area (Å²) in [4.78, 5) is 23.6. The molecule has 1 N–H and O–H groups in total. The zero-order valence-corrected chi connectivity index (χ0v) is 13.4. The topological polar surface area (TPSA) is 55.4 Å². The van der Waals surface area contributed by atoms with Crippen LogP contribution in [0.2, 0.25) is 0 Å². The number of carbonyl (C=O) groups excluding carboxylic acids is 2.